The summed E-state index contributed by atoms with van der Waals surface area (Å²) in [5, 5.41) is 4.01. The van der Waals surface area contributed by atoms with E-state index in [-0.39, 0.29) is 6.10 Å². The smallest absolute Gasteiger partial charge is 0.246 e. The fourth-order valence-electron chi connectivity index (χ4n) is 2.70. The quantitative estimate of drug-likeness (QED) is 0.874. The minimum absolute atomic E-state index is 0.225. The maximum atomic E-state index is 6.42. The van der Waals surface area contributed by atoms with Gasteiger partial charge in [0.05, 0.1) is 25.4 Å². The monoisotopic (exact) mass is 267 g/mol. The van der Waals surface area contributed by atoms with Gasteiger partial charge in [-0.15, -0.1) is 0 Å². The van der Waals surface area contributed by atoms with E-state index < -0.39 is 5.54 Å². The Labute approximate surface area is 112 Å². The van der Waals surface area contributed by atoms with Crippen molar-refractivity contribution in [2.24, 2.45) is 11.7 Å². The van der Waals surface area contributed by atoms with E-state index in [1.165, 1.54) is 0 Å². The van der Waals surface area contributed by atoms with Crippen molar-refractivity contribution in [2.45, 2.75) is 44.2 Å². The largest absolute Gasteiger partial charge is 0.376 e. The predicted molar refractivity (Wildman–Crippen MR) is 67.3 cm³/mol. The van der Waals surface area contributed by atoms with Crippen molar-refractivity contribution in [3.05, 3.63) is 11.7 Å². The van der Waals surface area contributed by atoms with Gasteiger partial charge in [-0.3, -0.25) is 0 Å². The van der Waals surface area contributed by atoms with E-state index in [4.69, 9.17) is 19.7 Å². The molecule has 6 heteroatoms. The Morgan fingerprint density at radius 3 is 2.74 bits per heavy atom. The maximum absolute atomic E-state index is 6.42. The van der Waals surface area contributed by atoms with Gasteiger partial charge in [0.1, 0.15) is 6.10 Å². The Morgan fingerprint density at radius 1 is 1.26 bits per heavy atom. The first-order valence-corrected chi connectivity index (χ1v) is 7.00. The number of hydrogen-bond donors (Lipinski definition) is 1. The SMILES string of the molecule is CC1CCC(N)(c2nc(C3COCCO3)no2)CC1. The first-order chi connectivity index (χ1) is 9.17. The van der Waals surface area contributed by atoms with Crippen LogP contribution in [-0.4, -0.2) is 30.0 Å². The molecule has 0 radical (unpaired) electrons. The molecule has 2 fully saturated rings. The number of nitrogens with zero attached hydrogens (tertiary/aromatic N) is 2. The lowest BCUT2D eigenvalue weighted by Gasteiger charge is -2.32. The molecule has 0 aromatic carbocycles. The average Bonchev–Trinajstić information content (AvgIpc) is 2.94. The molecule has 1 unspecified atom stereocenters. The van der Waals surface area contributed by atoms with Crippen LogP contribution in [-0.2, 0) is 15.0 Å². The summed E-state index contributed by atoms with van der Waals surface area (Å²) in [6.07, 6.45) is 3.79. The van der Waals surface area contributed by atoms with Crippen molar-refractivity contribution in [3.63, 3.8) is 0 Å². The molecule has 2 aliphatic rings. The van der Waals surface area contributed by atoms with Gasteiger partial charge in [0.15, 0.2) is 0 Å². The zero-order valence-electron chi connectivity index (χ0n) is 11.3. The molecule has 1 aromatic heterocycles. The van der Waals surface area contributed by atoms with Crippen LogP contribution in [0.1, 0.15) is 50.4 Å². The summed E-state index contributed by atoms with van der Waals surface area (Å²) < 4.78 is 16.3. The van der Waals surface area contributed by atoms with E-state index in [1.807, 2.05) is 0 Å². The van der Waals surface area contributed by atoms with Crippen molar-refractivity contribution in [2.75, 3.05) is 19.8 Å². The Morgan fingerprint density at radius 2 is 2.05 bits per heavy atom. The fourth-order valence-corrected chi connectivity index (χ4v) is 2.70. The predicted octanol–water partition coefficient (Wildman–Crippen LogP) is 1.52. The minimum atomic E-state index is -0.465. The summed E-state index contributed by atoms with van der Waals surface area (Å²) in [7, 11) is 0. The lowest BCUT2D eigenvalue weighted by atomic mass is 9.78. The molecule has 3 rings (SSSR count). The number of hydrogen-bond acceptors (Lipinski definition) is 6. The number of ether oxygens (including phenoxy) is 2. The summed E-state index contributed by atoms with van der Waals surface area (Å²) in [6, 6.07) is 0. The van der Waals surface area contributed by atoms with Crippen molar-refractivity contribution < 1.29 is 14.0 Å². The first-order valence-electron chi connectivity index (χ1n) is 7.00. The number of aromatic nitrogens is 2. The third kappa shape index (κ3) is 2.66. The average molecular weight is 267 g/mol. The topological polar surface area (TPSA) is 83.4 Å². The van der Waals surface area contributed by atoms with Crippen LogP contribution in [0.2, 0.25) is 0 Å². The van der Waals surface area contributed by atoms with Crippen LogP contribution < -0.4 is 5.73 Å². The van der Waals surface area contributed by atoms with E-state index >= 15 is 0 Å². The molecule has 0 spiro atoms. The van der Waals surface area contributed by atoms with Crippen molar-refractivity contribution in [1.82, 2.24) is 10.1 Å². The van der Waals surface area contributed by atoms with Crippen LogP contribution in [0.15, 0.2) is 4.52 Å². The van der Waals surface area contributed by atoms with Gasteiger partial charge in [-0.1, -0.05) is 12.1 Å². The fraction of sp³-hybridized carbons (Fsp3) is 0.846. The van der Waals surface area contributed by atoms with Crippen molar-refractivity contribution in [3.8, 4) is 0 Å². The third-order valence-corrected chi connectivity index (χ3v) is 4.14. The molecule has 106 valence electrons. The second kappa shape index (κ2) is 5.19. The van der Waals surface area contributed by atoms with Gasteiger partial charge < -0.3 is 19.7 Å². The number of nitrogens with two attached hydrogens (primary N) is 1. The molecule has 1 aliphatic heterocycles. The number of rotatable bonds is 2. The normalized spacial score (nSPS) is 36.3. The molecule has 19 heavy (non-hydrogen) atoms. The maximum Gasteiger partial charge on any atom is 0.246 e. The molecule has 0 bridgehead atoms. The van der Waals surface area contributed by atoms with E-state index in [0.29, 0.717) is 31.5 Å². The molecule has 1 atom stereocenters. The lowest BCUT2D eigenvalue weighted by molar-refractivity contribution is -0.0941. The van der Waals surface area contributed by atoms with E-state index in [0.717, 1.165) is 31.6 Å². The molecule has 0 amide bonds. The molecule has 1 saturated heterocycles. The van der Waals surface area contributed by atoms with Crippen molar-refractivity contribution >= 4 is 0 Å². The van der Waals surface area contributed by atoms with Gasteiger partial charge >= 0.3 is 0 Å². The second-order valence-corrected chi connectivity index (χ2v) is 5.73. The highest BCUT2D eigenvalue weighted by Gasteiger charge is 2.38. The van der Waals surface area contributed by atoms with Crippen LogP contribution >= 0.6 is 0 Å². The standard InChI is InChI=1S/C13H21N3O3/c1-9-2-4-13(14,5-3-9)12-15-11(16-19-12)10-8-17-6-7-18-10/h9-10H,2-8,14H2,1H3. The summed E-state index contributed by atoms with van der Waals surface area (Å²) in [4.78, 5) is 4.45. The van der Waals surface area contributed by atoms with Gasteiger partial charge in [0.25, 0.3) is 0 Å². The van der Waals surface area contributed by atoms with Gasteiger partial charge in [-0.2, -0.15) is 4.98 Å². The molecule has 1 aromatic rings. The first kappa shape index (κ1) is 13.0. The van der Waals surface area contributed by atoms with E-state index in [2.05, 4.69) is 17.1 Å². The molecule has 1 aliphatic carbocycles. The van der Waals surface area contributed by atoms with Gasteiger partial charge in [0.2, 0.25) is 11.7 Å². The molecule has 1 saturated carbocycles. The summed E-state index contributed by atoms with van der Waals surface area (Å²) >= 11 is 0. The summed E-state index contributed by atoms with van der Waals surface area (Å²) in [5.74, 6) is 1.83. The summed E-state index contributed by atoms with van der Waals surface area (Å²) in [6.45, 7) is 3.93. The van der Waals surface area contributed by atoms with Crippen LogP contribution in [0.3, 0.4) is 0 Å². The minimum Gasteiger partial charge on any atom is -0.376 e. The summed E-state index contributed by atoms with van der Waals surface area (Å²) in [5.41, 5.74) is 5.95. The third-order valence-electron chi connectivity index (χ3n) is 4.14. The van der Waals surface area contributed by atoms with Crippen molar-refractivity contribution in [1.29, 1.82) is 0 Å². The molecule has 6 nitrogen and oxygen atoms in total. The highest BCUT2D eigenvalue weighted by atomic mass is 16.6. The highest BCUT2D eigenvalue weighted by molar-refractivity contribution is 5.05. The Balaban J connectivity index is 1.73. The van der Waals surface area contributed by atoms with E-state index in [1.54, 1.807) is 0 Å². The van der Waals surface area contributed by atoms with Crippen LogP contribution in [0.5, 0.6) is 0 Å². The lowest BCUT2D eigenvalue weighted by Crippen LogP contribution is -2.40. The Hall–Kier alpha value is -0.980. The molecule has 2 heterocycles. The van der Waals surface area contributed by atoms with Gasteiger partial charge in [-0.05, 0) is 31.6 Å². The van der Waals surface area contributed by atoms with Crippen LogP contribution in [0.25, 0.3) is 0 Å². The Kier molecular flexibility index (Phi) is 3.56. The van der Waals surface area contributed by atoms with E-state index in [9.17, 15) is 0 Å². The highest BCUT2D eigenvalue weighted by Crippen LogP contribution is 2.37. The zero-order valence-corrected chi connectivity index (χ0v) is 11.3. The Bertz CT molecular complexity index is 421. The molecule has 2 N–H and O–H groups in total. The van der Waals surface area contributed by atoms with Crippen LogP contribution in [0, 0.1) is 5.92 Å². The zero-order chi connectivity index (χ0) is 13.3. The van der Waals surface area contributed by atoms with Crippen LogP contribution in [0.4, 0.5) is 0 Å². The molecular weight excluding hydrogens is 246 g/mol. The molecular formula is C13H21N3O3. The second-order valence-electron chi connectivity index (χ2n) is 5.73. The van der Waals surface area contributed by atoms with Gasteiger partial charge in [-0.25, -0.2) is 0 Å². The van der Waals surface area contributed by atoms with Gasteiger partial charge in [0, 0.05) is 0 Å².